The Labute approximate surface area is 55.7 Å². The number of carbonyl (C=O) groups excluding carboxylic acids is 1. The van der Waals surface area contributed by atoms with Crippen molar-refractivity contribution >= 4 is 5.91 Å². The molecule has 0 saturated carbocycles. The van der Waals surface area contributed by atoms with E-state index in [9.17, 15) is 4.79 Å². The van der Waals surface area contributed by atoms with E-state index >= 15 is 0 Å². The van der Waals surface area contributed by atoms with Gasteiger partial charge in [-0.15, -0.1) is 6.58 Å². The predicted molar refractivity (Wildman–Crippen MR) is 37.8 cm³/mol. The molecule has 0 radical (unpaired) electrons. The summed E-state index contributed by atoms with van der Waals surface area (Å²) >= 11 is 0. The van der Waals surface area contributed by atoms with Gasteiger partial charge in [0.2, 0.25) is 5.91 Å². The van der Waals surface area contributed by atoms with Crippen LogP contribution in [-0.4, -0.2) is 5.91 Å². The molecule has 0 rings (SSSR count). The average Bonchev–Trinajstić information content (AvgIpc) is 1.82. The molecule has 0 heterocycles. The van der Waals surface area contributed by atoms with Crippen molar-refractivity contribution in [2.45, 2.75) is 19.8 Å². The van der Waals surface area contributed by atoms with Crippen LogP contribution in [0.5, 0.6) is 0 Å². The van der Waals surface area contributed by atoms with E-state index in [0.29, 0.717) is 6.42 Å². The van der Waals surface area contributed by atoms with Gasteiger partial charge in [0, 0.05) is 5.92 Å². The highest BCUT2D eigenvalue weighted by Crippen LogP contribution is 2.06. The van der Waals surface area contributed by atoms with Crippen molar-refractivity contribution in [3.05, 3.63) is 12.7 Å². The summed E-state index contributed by atoms with van der Waals surface area (Å²) in [7, 11) is 0. The molecule has 0 aliphatic carbocycles. The van der Waals surface area contributed by atoms with Gasteiger partial charge in [-0.2, -0.15) is 0 Å². The molecule has 9 heavy (non-hydrogen) atoms. The molecule has 0 saturated heterocycles. The lowest BCUT2D eigenvalue weighted by Gasteiger charge is -2.04. The van der Waals surface area contributed by atoms with E-state index < -0.39 is 0 Å². The van der Waals surface area contributed by atoms with Gasteiger partial charge in [0.1, 0.15) is 0 Å². The Morgan fingerprint density at radius 2 is 2.44 bits per heavy atom. The van der Waals surface area contributed by atoms with E-state index in [1.54, 1.807) is 6.08 Å². The van der Waals surface area contributed by atoms with Crippen LogP contribution in [0, 0.1) is 5.92 Å². The minimum Gasteiger partial charge on any atom is -0.369 e. The monoisotopic (exact) mass is 127 g/mol. The predicted octanol–water partition coefficient (Wildman–Crippen LogP) is 1.07. The molecule has 0 bridgehead atoms. The van der Waals surface area contributed by atoms with Gasteiger partial charge in [-0.25, -0.2) is 0 Å². The first-order chi connectivity index (χ1) is 4.22. The van der Waals surface area contributed by atoms with Gasteiger partial charge in [-0.05, 0) is 12.8 Å². The maximum atomic E-state index is 10.5. The van der Waals surface area contributed by atoms with Crippen molar-refractivity contribution in [1.29, 1.82) is 0 Å². The number of primary amides is 1. The van der Waals surface area contributed by atoms with Gasteiger partial charge in [-0.3, -0.25) is 4.79 Å². The molecule has 0 aromatic carbocycles. The van der Waals surface area contributed by atoms with Crippen molar-refractivity contribution in [1.82, 2.24) is 0 Å². The van der Waals surface area contributed by atoms with Crippen molar-refractivity contribution in [3.8, 4) is 0 Å². The molecular weight excluding hydrogens is 114 g/mol. The zero-order chi connectivity index (χ0) is 7.28. The Kier molecular flexibility index (Phi) is 3.76. The summed E-state index contributed by atoms with van der Waals surface area (Å²) in [6.07, 6.45) is 3.23. The minimum atomic E-state index is -0.225. The second-order valence-electron chi connectivity index (χ2n) is 2.03. The average molecular weight is 127 g/mol. The van der Waals surface area contributed by atoms with Crippen molar-refractivity contribution in [3.63, 3.8) is 0 Å². The molecule has 0 fully saturated rings. The zero-order valence-corrected chi connectivity index (χ0v) is 5.76. The van der Waals surface area contributed by atoms with Crippen LogP contribution in [0.15, 0.2) is 12.7 Å². The maximum absolute atomic E-state index is 10.5. The van der Waals surface area contributed by atoms with Gasteiger partial charge >= 0.3 is 0 Å². The highest BCUT2D eigenvalue weighted by Gasteiger charge is 2.08. The summed E-state index contributed by atoms with van der Waals surface area (Å²) in [6, 6.07) is 0. The zero-order valence-electron chi connectivity index (χ0n) is 5.76. The van der Waals surface area contributed by atoms with Crippen LogP contribution in [-0.2, 0) is 4.79 Å². The van der Waals surface area contributed by atoms with E-state index in [1.807, 2.05) is 6.92 Å². The van der Waals surface area contributed by atoms with E-state index in [2.05, 4.69) is 6.58 Å². The van der Waals surface area contributed by atoms with Crippen molar-refractivity contribution in [2.24, 2.45) is 11.7 Å². The molecule has 1 atom stereocenters. The maximum Gasteiger partial charge on any atom is 0.220 e. The molecule has 2 heteroatoms. The second-order valence-corrected chi connectivity index (χ2v) is 2.03. The fourth-order valence-electron chi connectivity index (χ4n) is 0.685. The molecule has 1 amide bonds. The summed E-state index contributed by atoms with van der Waals surface area (Å²) in [5, 5.41) is 0. The Morgan fingerprint density at radius 3 is 2.56 bits per heavy atom. The van der Waals surface area contributed by atoms with Gasteiger partial charge < -0.3 is 5.73 Å². The largest absolute Gasteiger partial charge is 0.369 e. The molecule has 2 N–H and O–H groups in total. The number of hydrogen-bond donors (Lipinski definition) is 1. The quantitative estimate of drug-likeness (QED) is 0.564. The van der Waals surface area contributed by atoms with Gasteiger partial charge in [0.15, 0.2) is 0 Å². The lowest BCUT2D eigenvalue weighted by atomic mass is 10.0. The van der Waals surface area contributed by atoms with E-state index in [4.69, 9.17) is 5.73 Å². The standard InChI is InChI=1S/C7H13NO/c1-3-5-6(4-2)7(8)9/h3,6H,1,4-5H2,2H3,(H2,8,9). The third-order valence-electron chi connectivity index (χ3n) is 1.35. The summed E-state index contributed by atoms with van der Waals surface area (Å²) in [5.41, 5.74) is 5.05. The Hall–Kier alpha value is -0.790. The second kappa shape index (κ2) is 4.13. The molecule has 0 aliphatic rings. The number of nitrogens with two attached hydrogens (primary N) is 1. The van der Waals surface area contributed by atoms with Crippen molar-refractivity contribution in [2.75, 3.05) is 0 Å². The van der Waals surface area contributed by atoms with Crippen LogP contribution in [0.3, 0.4) is 0 Å². The van der Waals surface area contributed by atoms with E-state index in [0.717, 1.165) is 6.42 Å². The van der Waals surface area contributed by atoms with Crippen LogP contribution >= 0.6 is 0 Å². The lowest BCUT2D eigenvalue weighted by Crippen LogP contribution is -2.21. The Morgan fingerprint density at radius 1 is 1.89 bits per heavy atom. The normalized spacial score (nSPS) is 12.6. The van der Waals surface area contributed by atoms with Crippen LogP contribution in [0.4, 0.5) is 0 Å². The molecule has 52 valence electrons. The Bertz CT molecular complexity index is 109. The fraction of sp³-hybridized carbons (Fsp3) is 0.571. The SMILES string of the molecule is C=CCC(CC)C(N)=O. The summed E-state index contributed by atoms with van der Waals surface area (Å²) < 4.78 is 0. The highest BCUT2D eigenvalue weighted by atomic mass is 16.1. The van der Waals surface area contributed by atoms with Gasteiger partial charge in [0.05, 0.1) is 0 Å². The number of hydrogen-bond acceptors (Lipinski definition) is 1. The first kappa shape index (κ1) is 8.21. The summed E-state index contributed by atoms with van der Waals surface area (Å²) in [6.45, 7) is 5.47. The summed E-state index contributed by atoms with van der Waals surface area (Å²) in [4.78, 5) is 10.5. The molecule has 0 spiro atoms. The highest BCUT2D eigenvalue weighted by molar-refractivity contribution is 5.76. The minimum absolute atomic E-state index is 0.0116. The van der Waals surface area contributed by atoms with Crippen LogP contribution < -0.4 is 5.73 Å². The molecule has 1 unspecified atom stereocenters. The molecule has 0 aliphatic heterocycles. The van der Waals surface area contributed by atoms with Crippen LogP contribution in [0.25, 0.3) is 0 Å². The Balaban J connectivity index is 3.67. The number of allylic oxidation sites excluding steroid dienone is 1. The van der Waals surface area contributed by atoms with Crippen LogP contribution in [0.1, 0.15) is 19.8 Å². The van der Waals surface area contributed by atoms with Crippen molar-refractivity contribution < 1.29 is 4.79 Å². The third kappa shape index (κ3) is 2.90. The van der Waals surface area contributed by atoms with E-state index in [-0.39, 0.29) is 11.8 Å². The lowest BCUT2D eigenvalue weighted by molar-refractivity contribution is -0.121. The number of carbonyl (C=O) groups is 1. The molecule has 0 aromatic heterocycles. The first-order valence-electron chi connectivity index (χ1n) is 3.12. The topological polar surface area (TPSA) is 43.1 Å². The van der Waals surface area contributed by atoms with Crippen LogP contribution in [0.2, 0.25) is 0 Å². The summed E-state index contributed by atoms with van der Waals surface area (Å²) in [5.74, 6) is -0.236. The fourth-order valence-corrected chi connectivity index (χ4v) is 0.685. The van der Waals surface area contributed by atoms with Gasteiger partial charge in [0.25, 0.3) is 0 Å². The molecule has 0 aromatic rings. The number of amides is 1. The number of rotatable bonds is 4. The first-order valence-corrected chi connectivity index (χ1v) is 3.12. The molecule has 2 nitrogen and oxygen atoms in total. The molecular formula is C7H13NO. The smallest absolute Gasteiger partial charge is 0.220 e. The third-order valence-corrected chi connectivity index (χ3v) is 1.35. The van der Waals surface area contributed by atoms with E-state index in [1.165, 1.54) is 0 Å². The van der Waals surface area contributed by atoms with Gasteiger partial charge in [-0.1, -0.05) is 13.0 Å².